The Morgan fingerprint density at radius 3 is 2.68 bits per heavy atom. The molecular formula is C26H24ClIN2O6S. The van der Waals surface area contributed by atoms with Crippen molar-refractivity contribution in [3.8, 4) is 17.2 Å². The van der Waals surface area contributed by atoms with Crippen molar-refractivity contribution in [1.82, 2.24) is 4.57 Å². The summed E-state index contributed by atoms with van der Waals surface area (Å²) in [6.45, 7) is 5.87. The van der Waals surface area contributed by atoms with Gasteiger partial charge in [0.15, 0.2) is 16.3 Å². The van der Waals surface area contributed by atoms with E-state index in [4.69, 9.17) is 25.8 Å². The maximum Gasteiger partial charge on any atom is 0.338 e. The van der Waals surface area contributed by atoms with Gasteiger partial charge in [0.25, 0.3) is 5.56 Å². The summed E-state index contributed by atoms with van der Waals surface area (Å²) < 4.78 is 18.9. The van der Waals surface area contributed by atoms with E-state index in [0.717, 1.165) is 11.3 Å². The summed E-state index contributed by atoms with van der Waals surface area (Å²) in [5.74, 6) is 0.481. The molecule has 0 spiro atoms. The van der Waals surface area contributed by atoms with Crippen LogP contribution in [-0.4, -0.2) is 36.0 Å². The maximum atomic E-state index is 13.8. The Labute approximate surface area is 235 Å². The second kappa shape index (κ2) is 11.3. The molecule has 0 bridgehead atoms. The number of esters is 1. The number of aromatic nitrogens is 1. The van der Waals surface area contributed by atoms with Crippen LogP contribution in [0.15, 0.2) is 51.4 Å². The first-order valence-electron chi connectivity index (χ1n) is 11.4. The van der Waals surface area contributed by atoms with Gasteiger partial charge in [0.05, 0.1) is 45.7 Å². The second-order valence-electron chi connectivity index (χ2n) is 7.97. The van der Waals surface area contributed by atoms with Crippen LogP contribution in [0.1, 0.15) is 37.9 Å². The number of phenolic OH excluding ortho intramolecular Hbond substituents is 1. The van der Waals surface area contributed by atoms with Gasteiger partial charge in [-0.15, -0.1) is 0 Å². The monoisotopic (exact) mass is 654 g/mol. The van der Waals surface area contributed by atoms with Gasteiger partial charge in [-0.2, -0.15) is 0 Å². The standard InChI is InChI=1S/C26H24ClIN2O6S/c1-5-35-19-10-14(7-8-18(19)34-4)22-21(25(33)36-6-2)13(3)29-26-30(22)24(32)20(37-26)11-15-9-16(27)12-17(28)23(15)31/h7-12,22,31H,5-6H2,1-4H3/b20-11-/t22-/m0/s1. The van der Waals surface area contributed by atoms with Crippen LogP contribution in [0, 0.1) is 3.57 Å². The third-order valence-corrected chi connectivity index (χ3v) is 7.69. The molecule has 1 aliphatic heterocycles. The van der Waals surface area contributed by atoms with Gasteiger partial charge in [-0.1, -0.05) is 29.0 Å². The number of methoxy groups -OCH3 is 1. The second-order valence-corrected chi connectivity index (χ2v) is 10.6. The van der Waals surface area contributed by atoms with Crippen LogP contribution in [0.4, 0.5) is 0 Å². The summed E-state index contributed by atoms with van der Waals surface area (Å²) in [4.78, 5) is 31.9. The van der Waals surface area contributed by atoms with Crippen molar-refractivity contribution in [1.29, 1.82) is 0 Å². The number of nitrogens with zero attached hydrogens (tertiary/aromatic N) is 2. The highest BCUT2D eigenvalue weighted by molar-refractivity contribution is 14.1. The van der Waals surface area contributed by atoms with E-state index < -0.39 is 12.0 Å². The van der Waals surface area contributed by atoms with Gasteiger partial charge >= 0.3 is 5.97 Å². The number of hydrogen-bond acceptors (Lipinski definition) is 8. The lowest BCUT2D eigenvalue weighted by Crippen LogP contribution is -2.40. The Balaban J connectivity index is 1.99. The summed E-state index contributed by atoms with van der Waals surface area (Å²) in [6, 6.07) is 7.68. The van der Waals surface area contributed by atoms with E-state index in [2.05, 4.69) is 4.99 Å². The Morgan fingerprint density at radius 2 is 2.00 bits per heavy atom. The molecule has 11 heteroatoms. The zero-order valence-corrected chi connectivity index (χ0v) is 24.2. The number of fused-ring (bicyclic) bond motifs is 1. The van der Waals surface area contributed by atoms with E-state index >= 15 is 0 Å². The molecule has 194 valence electrons. The average molecular weight is 655 g/mol. The van der Waals surface area contributed by atoms with E-state index in [-0.39, 0.29) is 23.5 Å². The molecule has 37 heavy (non-hydrogen) atoms. The fourth-order valence-corrected chi connectivity index (χ4v) is 6.17. The number of hydrogen-bond donors (Lipinski definition) is 1. The molecule has 1 atom stereocenters. The van der Waals surface area contributed by atoms with Crippen molar-refractivity contribution in [2.24, 2.45) is 4.99 Å². The van der Waals surface area contributed by atoms with Gasteiger partial charge < -0.3 is 19.3 Å². The molecule has 1 N–H and O–H groups in total. The first-order valence-corrected chi connectivity index (χ1v) is 13.7. The van der Waals surface area contributed by atoms with Gasteiger partial charge in [0.2, 0.25) is 0 Å². The maximum absolute atomic E-state index is 13.8. The van der Waals surface area contributed by atoms with Crippen LogP contribution in [0.2, 0.25) is 5.02 Å². The summed E-state index contributed by atoms with van der Waals surface area (Å²) in [5.41, 5.74) is 1.38. The molecule has 0 fully saturated rings. The molecule has 1 aromatic heterocycles. The number of benzene rings is 2. The van der Waals surface area contributed by atoms with Crippen LogP contribution >= 0.6 is 45.5 Å². The molecule has 0 saturated carbocycles. The molecule has 0 amide bonds. The summed E-state index contributed by atoms with van der Waals surface area (Å²) >= 11 is 9.32. The van der Waals surface area contributed by atoms with E-state index in [1.54, 1.807) is 57.4 Å². The SMILES string of the molecule is CCOC(=O)C1=C(C)N=c2s/c(=C\c3cc(Cl)cc(I)c3O)c(=O)n2[C@H]1c1ccc(OC)c(OCC)c1. The first-order chi connectivity index (χ1) is 17.7. The molecule has 0 unspecified atom stereocenters. The summed E-state index contributed by atoms with van der Waals surface area (Å²) in [7, 11) is 1.54. The first kappa shape index (κ1) is 27.2. The molecule has 2 aromatic carbocycles. The normalized spacial score (nSPS) is 15.3. The minimum atomic E-state index is -0.810. The van der Waals surface area contributed by atoms with E-state index in [9.17, 15) is 14.7 Å². The van der Waals surface area contributed by atoms with Gasteiger partial charge in [0, 0.05) is 10.6 Å². The fraction of sp³-hybridized carbons (Fsp3) is 0.269. The van der Waals surface area contributed by atoms with Gasteiger partial charge in [-0.25, -0.2) is 9.79 Å². The largest absolute Gasteiger partial charge is 0.506 e. The van der Waals surface area contributed by atoms with Gasteiger partial charge in [-0.05, 0) is 79.3 Å². The predicted molar refractivity (Wildman–Crippen MR) is 150 cm³/mol. The molecule has 0 radical (unpaired) electrons. The minimum absolute atomic E-state index is 0.0206. The van der Waals surface area contributed by atoms with Crippen molar-refractivity contribution in [3.63, 3.8) is 0 Å². The summed E-state index contributed by atoms with van der Waals surface area (Å²) in [6.07, 6.45) is 1.58. The number of allylic oxidation sites excluding steroid dienone is 1. The zero-order valence-electron chi connectivity index (χ0n) is 20.5. The van der Waals surface area contributed by atoms with E-state index in [1.165, 1.54) is 4.57 Å². The molecule has 1 aliphatic rings. The Morgan fingerprint density at radius 1 is 1.24 bits per heavy atom. The Bertz CT molecular complexity index is 1590. The van der Waals surface area contributed by atoms with Crippen molar-refractivity contribution < 1.29 is 24.1 Å². The van der Waals surface area contributed by atoms with Gasteiger partial charge in [-0.3, -0.25) is 9.36 Å². The lowest BCUT2D eigenvalue weighted by Gasteiger charge is -2.25. The predicted octanol–water partition coefficient (Wildman–Crippen LogP) is 4.17. The van der Waals surface area contributed by atoms with Crippen LogP contribution in [0.5, 0.6) is 17.2 Å². The van der Waals surface area contributed by atoms with E-state index in [0.29, 0.717) is 52.9 Å². The number of carbonyl (C=O) groups is 1. The molecule has 3 aromatic rings. The lowest BCUT2D eigenvalue weighted by atomic mass is 9.95. The fourth-order valence-electron chi connectivity index (χ4n) is 4.08. The van der Waals surface area contributed by atoms with Gasteiger partial charge in [0.1, 0.15) is 5.75 Å². The zero-order chi connectivity index (χ0) is 26.9. The van der Waals surface area contributed by atoms with E-state index in [1.807, 2.05) is 29.5 Å². The smallest absolute Gasteiger partial charge is 0.338 e. The van der Waals surface area contributed by atoms with Crippen LogP contribution in [0.3, 0.4) is 0 Å². The molecule has 8 nitrogen and oxygen atoms in total. The topological polar surface area (TPSA) is 99.4 Å². The summed E-state index contributed by atoms with van der Waals surface area (Å²) in [5, 5.41) is 11.0. The van der Waals surface area contributed by atoms with Crippen molar-refractivity contribution in [2.45, 2.75) is 26.8 Å². The highest BCUT2D eigenvalue weighted by Crippen LogP contribution is 2.36. The Kier molecular flexibility index (Phi) is 8.29. The lowest BCUT2D eigenvalue weighted by molar-refractivity contribution is -0.139. The number of halogens is 2. The molecule has 4 rings (SSSR count). The molecule has 0 saturated heterocycles. The van der Waals surface area contributed by atoms with Crippen LogP contribution in [0.25, 0.3) is 6.08 Å². The number of rotatable bonds is 7. The number of ether oxygens (including phenoxy) is 3. The average Bonchev–Trinajstić information content (AvgIpc) is 3.15. The molecule has 0 aliphatic carbocycles. The Hall–Kier alpha value is -2.83. The highest BCUT2D eigenvalue weighted by atomic mass is 127. The van der Waals surface area contributed by atoms with Crippen molar-refractivity contribution in [2.75, 3.05) is 20.3 Å². The van der Waals surface area contributed by atoms with Crippen molar-refractivity contribution >= 4 is 57.6 Å². The highest BCUT2D eigenvalue weighted by Gasteiger charge is 2.34. The minimum Gasteiger partial charge on any atom is -0.506 e. The van der Waals surface area contributed by atoms with Crippen LogP contribution < -0.4 is 24.4 Å². The quantitative estimate of drug-likeness (QED) is 0.304. The number of phenols is 1. The third-order valence-electron chi connectivity index (χ3n) is 5.66. The number of thiazole rings is 1. The molecular weight excluding hydrogens is 631 g/mol. The number of aromatic hydroxyl groups is 1. The third kappa shape index (κ3) is 5.27. The number of carbonyl (C=O) groups excluding carboxylic acids is 1. The molecule has 2 heterocycles. The van der Waals surface area contributed by atoms with Crippen molar-refractivity contribution in [3.05, 3.63) is 81.0 Å². The van der Waals surface area contributed by atoms with Crippen LogP contribution in [-0.2, 0) is 9.53 Å².